The van der Waals surface area contributed by atoms with Gasteiger partial charge in [0.05, 0.1) is 6.10 Å². The first-order valence-electron chi connectivity index (χ1n) is 6.09. The molecule has 3 N–H and O–H groups in total. The number of aryl methyl sites for hydroxylation is 1. The molecule has 2 atom stereocenters. The molecule has 1 fully saturated rings. The van der Waals surface area contributed by atoms with Crippen LogP contribution in [0, 0.1) is 0 Å². The fourth-order valence-electron chi connectivity index (χ4n) is 2.10. The Kier molecular flexibility index (Phi) is 3.73. The smallest absolute Gasteiger partial charge is 0.291 e. The van der Waals surface area contributed by atoms with E-state index in [9.17, 15) is 9.90 Å². The van der Waals surface area contributed by atoms with E-state index in [1.54, 1.807) is 0 Å². The summed E-state index contributed by atoms with van der Waals surface area (Å²) in [6.45, 7) is 1.94. The summed E-state index contributed by atoms with van der Waals surface area (Å²) >= 11 is 0. The maximum absolute atomic E-state index is 11.8. The maximum Gasteiger partial charge on any atom is 0.291 e. The lowest BCUT2D eigenvalue weighted by Gasteiger charge is -2.26. The van der Waals surface area contributed by atoms with Crippen LogP contribution in [-0.2, 0) is 6.42 Å². The van der Waals surface area contributed by atoms with Crippen LogP contribution in [0.3, 0.4) is 0 Å². The molecule has 0 aliphatic heterocycles. The molecule has 1 heterocycles. The van der Waals surface area contributed by atoms with Gasteiger partial charge < -0.3 is 10.4 Å². The van der Waals surface area contributed by atoms with E-state index in [1.165, 1.54) is 0 Å². The summed E-state index contributed by atoms with van der Waals surface area (Å²) in [6, 6.07) is 0.0369. The van der Waals surface area contributed by atoms with Gasteiger partial charge in [0.15, 0.2) is 0 Å². The van der Waals surface area contributed by atoms with Crippen molar-refractivity contribution >= 4 is 5.91 Å². The molecule has 1 aliphatic rings. The molecule has 6 nitrogen and oxygen atoms in total. The van der Waals surface area contributed by atoms with Gasteiger partial charge in [0.2, 0.25) is 5.82 Å². The van der Waals surface area contributed by atoms with Crippen molar-refractivity contribution in [3.8, 4) is 0 Å². The van der Waals surface area contributed by atoms with Crippen LogP contribution >= 0.6 is 0 Å². The second kappa shape index (κ2) is 5.27. The van der Waals surface area contributed by atoms with Crippen LogP contribution in [0.25, 0.3) is 0 Å². The van der Waals surface area contributed by atoms with E-state index >= 15 is 0 Å². The van der Waals surface area contributed by atoms with Gasteiger partial charge >= 0.3 is 0 Å². The van der Waals surface area contributed by atoms with E-state index in [0.29, 0.717) is 12.2 Å². The summed E-state index contributed by atoms with van der Waals surface area (Å²) in [5.41, 5.74) is 0. The Bertz CT molecular complexity index is 391. The fraction of sp³-hybridized carbons (Fsp3) is 0.727. The highest BCUT2D eigenvalue weighted by atomic mass is 16.3. The highest BCUT2D eigenvalue weighted by Crippen LogP contribution is 2.18. The zero-order valence-electron chi connectivity index (χ0n) is 9.94. The van der Waals surface area contributed by atoms with E-state index in [2.05, 4.69) is 20.5 Å². The number of hydrogen-bond donors (Lipinski definition) is 3. The Balaban J connectivity index is 1.92. The normalized spacial score (nSPS) is 24.6. The number of rotatable bonds is 3. The zero-order valence-corrected chi connectivity index (χ0v) is 9.94. The predicted octanol–water partition coefficient (Wildman–Crippen LogP) is 0.400. The molecule has 0 aromatic carbocycles. The average Bonchev–Trinajstić information content (AvgIpc) is 2.77. The van der Waals surface area contributed by atoms with Crippen LogP contribution in [0.5, 0.6) is 0 Å². The Morgan fingerprint density at radius 2 is 2.41 bits per heavy atom. The van der Waals surface area contributed by atoms with Gasteiger partial charge in [-0.25, -0.2) is 4.98 Å². The summed E-state index contributed by atoms with van der Waals surface area (Å²) in [6.07, 6.45) is 3.73. The largest absolute Gasteiger partial charge is 0.393 e. The van der Waals surface area contributed by atoms with Crippen molar-refractivity contribution in [3.05, 3.63) is 11.6 Å². The third-order valence-corrected chi connectivity index (χ3v) is 3.05. The van der Waals surface area contributed by atoms with Gasteiger partial charge in [0, 0.05) is 12.5 Å². The molecule has 2 unspecified atom stereocenters. The molecule has 1 aromatic heterocycles. The van der Waals surface area contributed by atoms with Crippen molar-refractivity contribution in [3.63, 3.8) is 0 Å². The van der Waals surface area contributed by atoms with Crippen LogP contribution in [0.2, 0.25) is 0 Å². The first-order chi connectivity index (χ1) is 8.19. The van der Waals surface area contributed by atoms with E-state index in [1.807, 2.05) is 6.92 Å². The molecule has 2 rings (SSSR count). The number of aromatic nitrogens is 3. The van der Waals surface area contributed by atoms with Crippen LogP contribution in [-0.4, -0.2) is 38.3 Å². The number of carbonyl (C=O) groups excluding carboxylic acids is 1. The van der Waals surface area contributed by atoms with Crippen molar-refractivity contribution in [2.45, 2.75) is 51.2 Å². The molecule has 94 valence electrons. The Labute approximate surface area is 99.8 Å². The van der Waals surface area contributed by atoms with Crippen LogP contribution in [0.4, 0.5) is 0 Å². The molecule has 17 heavy (non-hydrogen) atoms. The molecular formula is C11H18N4O2. The number of aliphatic hydroxyl groups is 1. The van der Waals surface area contributed by atoms with E-state index < -0.39 is 0 Å². The van der Waals surface area contributed by atoms with Gasteiger partial charge in [-0.2, -0.15) is 0 Å². The highest BCUT2D eigenvalue weighted by molar-refractivity contribution is 5.90. The van der Waals surface area contributed by atoms with Gasteiger partial charge in [0.1, 0.15) is 5.82 Å². The highest BCUT2D eigenvalue weighted by Gasteiger charge is 2.23. The summed E-state index contributed by atoms with van der Waals surface area (Å²) in [7, 11) is 0. The molecule has 0 radical (unpaired) electrons. The SMILES string of the molecule is CCc1nc(C(=O)NC2CCCC(O)C2)n[nH]1. The van der Waals surface area contributed by atoms with Crippen LogP contribution in [0.15, 0.2) is 0 Å². The third kappa shape index (κ3) is 3.03. The Morgan fingerprint density at radius 3 is 3.06 bits per heavy atom. The zero-order chi connectivity index (χ0) is 12.3. The van der Waals surface area contributed by atoms with Crippen molar-refractivity contribution < 1.29 is 9.90 Å². The number of carbonyl (C=O) groups is 1. The standard InChI is InChI=1S/C11H18N4O2/c1-2-9-13-10(15-14-9)11(17)12-7-4-3-5-8(16)6-7/h7-8,16H,2-6H2,1H3,(H,12,17)(H,13,14,15). The fourth-order valence-corrected chi connectivity index (χ4v) is 2.10. The number of aliphatic hydroxyl groups excluding tert-OH is 1. The number of nitrogens with zero attached hydrogens (tertiary/aromatic N) is 2. The van der Waals surface area contributed by atoms with Gasteiger partial charge in [-0.15, -0.1) is 5.10 Å². The minimum atomic E-state index is -0.299. The lowest BCUT2D eigenvalue weighted by Crippen LogP contribution is -2.40. The first kappa shape index (κ1) is 12.0. The molecule has 1 aromatic rings. The number of nitrogens with one attached hydrogen (secondary N) is 2. The maximum atomic E-state index is 11.8. The minimum Gasteiger partial charge on any atom is -0.393 e. The Morgan fingerprint density at radius 1 is 1.59 bits per heavy atom. The lowest BCUT2D eigenvalue weighted by atomic mass is 9.93. The summed E-state index contributed by atoms with van der Waals surface area (Å²) in [5, 5.41) is 18.9. The molecule has 1 aliphatic carbocycles. The molecule has 1 saturated carbocycles. The monoisotopic (exact) mass is 238 g/mol. The third-order valence-electron chi connectivity index (χ3n) is 3.05. The topological polar surface area (TPSA) is 90.9 Å². The van der Waals surface area contributed by atoms with E-state index in [4.69, 9.17) is 0 Å². The number of aromatic amines is 1. The quantitative estimate of drug-likeness (QED) is 0.711. The van der Waals surface area contributed by atoms with E-state index in [-0.39, 0.29) is 23.9 Å². The molecule has 1 amide bonds. The van der Waals surface area contributed by atoms with Crippen molar-refractivity contribution in [1.82, 2.24) is 20.5 Å². The second-order valence-corrected chi connectivity index (χ2v) is 4.45. The predicted molar refractivity (Wildman–Crippen MR) is 61.5 cm³/mol. The van der Waals surface area contributed by atoms with Gasteiger partial charge in [0.25, 0.3) is 5.91 Å². The van der Waals surface area contributed by atoms with Gasteiger partial charge in [-0.3, -0.25) is 9.89 Å². The van der Waals surface area contributed by atoms with Crippen LogP contribution < -0.4 is 5.32 Å². The van der Waals surface area contributed by atoms with Crippen molar-refractivity contribution in [2.75, 3.05) is 0 Å². The first-order valence-corrected chi connectivity index (χ1v) is 6.09. The summed E-state index contributed by atoms with van der Waals surface area (Å²) in [5.74, 6) is 0.626. The molecule has 0 spiro atoms. The average molecular weight is 238 g/mol. The summed E-state index contributed by atoms with van der Waals surface area (Å²) in [4.78, 5) is 15.9. The van der Waals surface area contributed by atoms with Gasteiger partial charge in [-0.05, 0) is 25.7 Å². The lowest BCUT2D eigenvalue weighted by molar-refractivity contribution is 0.0841. The van der Waals surface area contributed by atoms with Gasteiger partial charge in [-0.1, -0.05) is 6.92 Å². The number of amides is 1. The van der Waals surface area contributed by atoms with Crippen molar-refractivity contribution in [1.29, 1.82) is 0 Å². The van der Waals surface area contributed by atoms with Crippen LogP contribution in [0.1, 0.15) is 49.1 Å². The Hall–Kier alpha value is -1.43. The van der Waals surface area contributed by atoms with Crippen molar-refractivity contribution in [2.24, 2.45) is 0 Å². The molecule has 0 saturated heterocycles. The molecular weight excluding hydrogens is 220 g/mol. The summed E-state index contributed by atoms with van der Waals surface area (Å²) < 4.78 is 0. The van der Waals surface area contributed by atoms with E-state index in [0.717, 1.165) is 25.7 Å². The second-order valence-electron chi connectivity index (χ2n) is 4.45. The minimum absolute atomic E-state index is 0.0369. The molecule has 6 heteroatoms. The number of hydrogen-bond acceptors (Lipinski definition) is 4. The molecule has 0 bridgehead atoms. The number of H-pyrrole nitrogens is 1.